The molecule has 2 N–H and O–H groups in total. The summed E-state index contributed by atoms with van der Waals surface area (Å²) < 4.78 is 15.6. The maximum absolute atomic E-state index is 9.26. The molecule has 0 amide bonds. The normalized spacial score (nSPS) is 18.3. The summed E-state index contributed by atoms with van der Waals surface area (Å²) in [6, 6.07) is 7.23. The number of benzene rings is 1. The smallest absolute Gasteiger partial charge is 0.127 e. The average Bonchev–Trinajstić information content (AvgIpc) is 2.37. The van der Waals surface area contributed by atoms with E-state index in [0.29, 0.717) is 24.7 Å². The first-order valence-corrected chi connectivity index (χ1v) is 5.63. The lowest BCUT2D eigenvalue weighted by atomic mass is 9.77. The highest BCUT2D eigenvalue weighted by atomic mass is 16.5. The van der Waals surface area contributed by atoms with Gasteiger partial charge in [0, 0.05) is 11.6 Å². The van der Waals surface area contributed by atoms with Crippen LogP contribution in [0.2, 0.25) is 0 Å². The van der Waals surface area contributed by atoms with Crippen LogP contribution >= 0.6 is 0 Å². The number of hydrogen-bond donors (Lipinski definition) is 1. The maximum atomic E-state index is 9.26. The first-order valence-electron chi connectivity index (χ1n) is 5.63. The Balaban J connectivity index is 2.36. The predicted octanol–water partition coefficient (Wildman–Crippen LogP) is 1.24. The minimum atomic E-state index is -0.651. The lowest BCUT2D eigenvalue weighted by Crippen LogP contribution is -2.49. The van der Waals surface area contributed by atoms with Crippen molar-refractivity contribution in [1.82, 2.24) is 0 Å². The molecule has 1 heterocycles. The van der Waals surface area contributed by atoms with E-state index in [0.717, 1.165) is 5.56 Å². The van der Waals surface area contributed by atoms with Gasteiger partial charge in [-0.15, -0.1) is 0 Å². The van der Waals surface area contributed by atoms with Crippen molar-refractivity contribution < 1.29 is 14.2 Å². The first kappa shape index (κ1) is 12.7. The second-order valence-electron chi connectivity index (χ2n) is 4.35. The zero-order chi connectivity index (χ0) is 13.2. The van der Waals surface area contributed by atoms with Crippen LogP contribution in [0, 0.1) is 16.7 Å². The quantitative estimate of drug-likeness (QED) is 0.867. The SMILES string of the molecule is COc1ccc(C(N)C2(C#N)COC2)c(OC)c1. The second-order valence-corrected chi connectivity index (χ2v) is 4.35. The molecule has 1 aromatic rings. The van der Waals surface area contributed by atoms with Gasteiger partial charge in [0.25, 0.3) is 0 Å². The van der Waals surface area contributed by atoms with Gasteiger partial charge in [0.2, 0.25) is 0 Å². The molecule has 1 saturated heterocycles. The van der Waals surface area contributed by atoms with Gasteiger partial charge in [0.1, 0.15) is 16.9 Å². The number of rotatable bonds is 4. The van der Waals surface area contributed by atoms with Crippen LogP contribution in [0.25, 0.3) is 0 Å². The Morgan fingerprint density at radius 2 is 2.11 bits per heavy atom. The van der Waals surface area contributed by atoms with Crippen molar-refractivity contribution >= 4 is 0 Å². The van der Waals surface area contributed by atoms with Gasteiger partial charge in [-0.3, -0.25) is 0 Å². The standard InChI is InChI=1S/C13H16N2O3/c1-16-9-3-4-10(11(5-9)17-2)12(15)13(6-14)7-18-8-13/h3-5,12H,7-8,15H2,1-2H3. The van der Waals surface area contributed by atoms with Crippen molar-refractivity contribution in [2.24, 2.45) is 11.1 Å². The molecule has 0 saturated carbocycles. The van der Waals surface area contributed by atoms with Gasteiger partial charge in [0.15, 0.2) is 0 Å². The molecule has 1 atom stereocenters. The summed E-state index contributed by atoms with van der Waals surface area (Å²) in [5, 5.41) is 9.26. The minimum absolute atomic E-state index is 0.361. The molecule has 5 heteroatoms. The highest BCUT2D eigenvalue weighted by Gasteiger charge is 2.46. The zero-order valence-electron chi connectivity index (χ0n) is 10.5. The molecule has 96 valence electrons. The number of ether oxygens (including phenoxy) is 3. The Morgan fingerprint density at radius 1 is 1.39 bits per heavy atom. The van der Waals surface area contributed by atoms with Crippen molar-refractivity contribution in [3.8, 4) is 17.6 Å². The zero-order valence-corrected chi connectivity index (χ0v) is 10.5. The van der Waals surface area contributed by atoms with E-state index in [1.165, 1.54) is 0 Å². The molecule has 1 unspecified atom stereocenters. The van der Waals surface area contributed by atoms with Crippen LogP contribution < -0.4 is 15.2 Å². The van der Waals surface area contributed by atoms with E-state index in [1.807, 2.05) is 12.1 Å². The fourth-order valence-electron chi connectivity index (χ4n) is 2.01. The average molecular weight is 248 g/mol. The van der Waals surface area contributed by atoms with E-state index >= 15 is 0 Å². The minimum Gasteiger partial charge on any atom is -0.497 e. The van der Waals surface area contributed by atoms with Crippen LogP contribution in [0.3, 0.4) is 0 Å². The molecule has 1 aliphatic heterocycles. The summed E-state index contributed by atoms with van der Waals surface area (Å²) in [5.74, 6) is 1.32. The highest BCUT2D eigenvalue weighted by molar-refractivity contribution is 5.44. The van der Waals surface area contributed by atoms with Gasteiger partial charge >= 0.3 is 0 Å². The maximum Gasteiger partial charge on any atom is 0.127 e. The van der Waals surface area contributed by atoms with Crippen molar-refractivity contribution in [3.63, 3.8) is 0 Å². The van der Waals surface area contributed by atoms with Crippen LogP contribution in [0.15, 0.2) is 18.2 Å². The molecule has 1 aromatic carbocycles. The van der Waals surface area contributed by atoms with Gasteiger partial charge in [0.05, 0.1) is 39.5 Å². The van der Waals surface area contributed by atoms with Crippen LogP contribution in [0.5, 0.6) is 11.5 Å². The van der Waals surface area contributed by atoms with E-state index in [4.69, 9.17) is 19.9 Å². The Labute approximate surface area is 106 Å². The number of nitrogens with zero attached hydrogens (tertiary/aromatic N) is 1. The van der Waals surface area contributed by atoms with Crippen molar-refractivity contribution in [1.29, 1.82) is 5.26 Å². The molecule has 5 nitrogen and oxygen atoms in total. The summed E-state index contributed by atoms with van der Waals surface area (Å²) in [6.07, 6.45) is 0. The molecule has 0 spiro atoms. The molecule has 0 bridgehead atoms. The van der Waals surface area contributed by atoms with E-state index < -0.39 is 11.5 Å². The molecule has 0 radical (unpaired) electrons. The van der Waals surface area contributed by atoms with Gasteiger partial charge in [-0.05, 0) is 6.07 Å². The summed E-state index contributed by atoms with van der Waals surface area (Å²) in [5.41, 5.74) is 6.33. The van der Waals surface area contributed by atoms with Crippen molar-refractivity contribution in [3.05, 3.63) is 23.8 Å². The monoisotopic (exact) mass is 248 g/mol. The molecular formula is C13H16N2O3. The lowest BCUT2D eigenvalue weighted by Gasteiger charge is -2.40. The van der Waals surface area contributed by atoms with E-state index in [2.05, 4.69) is 6.07 Å². The Kier molecular flexibility index (Phi) is 3.41. The largest absolute Gasteiger partial charge is 0.497 e. The first-order chi connectivity index (χ1) is 8.66. The Hall–Kier alpha value is -1.77. The van der Waals surface area contributed by atoms with Gasteiger partial charge in [-0.1, -0.05) is 6.07 Å². The van der Waals surface area contributed by atoms with Gasteiger partial charge < -0.3 is 19.9 Å². The van der Waals surface area contributed by atoms with Crippen molar-refractivity contribution in [2.45, 2.75) is 6.04 Å². The van der Waals surface area contributed by atoms with Crippen LogP contribution in [0.4, 0.5) is 0 Å². The summed E-state index contributed by atoms with van der Waals surface area (Å²) in [4.78, 5) is 0. The Bertz CT molecular complexity index is 478. The fraction of sp³-hybridized carbons (Fsp3) is 0.462. The van der Waals surface area contributed by atoms with Gasteiger partial charge in [-0.2, -0.15) is 5.26 Å². The molecule has 1 fully saturated rings. The van der Waals surface area contributed by atoms with Crippen LogP contribution in [0.1, 0.15) is 11.6 Å². The molecule has 0 aliphatic carbocycles. The third-order valence-corrected chi connectivity index (χ3v) is 3.31. The van der Waals surface area contributed by atoms with E-state index in [-0.39, 0.29) is 0 Å². The topological polar surface area (TPSA) is 77.5 Å². The predicted molar refractivity (Wildman–Crippen MR) is 65.3 cm³/mol. The highest BCUT2D eigenvalue weighted by Crippen LogP contribution is 2.42. The van der Waals surface area contributed by atoms with E-state index in [9.17, 15) is 5.26 Å². The fourth-order valence-corrected chi connectivity index (χ4v) is 2.01. The van der Waals surface area contributed by atoms with Gasteiger partial charge in [-0.25, -0.2) is 0 Å². The van der Waals surface area contributed by atoms with Crippen LogP contribution in [-0.2, 0) is 4.74 Å². The molecular weight excluding hydrogens is 232 g/mol. The van der Waals surface area contributed by atoms with E-state index in [1.54, 1.807) is 20.3 Å². The summed E-state index contributed by atoms with van der Waals surface area (Å²) in [7, 11) is 3.16. The third kappa shape index (κ3) is 1.90. The number of nitrogens with two attached hydrogens (primary N) is 1. The summed E-state index contributed by atoms with van der Waals surface area (Å²) in [6.45, 7) is 0.722. The molecule has 2 rings (SSSR count). The third-order valence-electron chi connectivity index (χ3n) is 3.31. The van der Waals surface area contributed by atoms with Crippen LogP contribution in [-0.4, -0.2) is 27.4 Å². The van der Waals surface area contributed by atoms with Crippen molar-refractivity contribution in [2.75, 3.05) is 27.4 Å². The molecule has 18 heavy (non-hydrogen) atoms. The summed E-state index contributed by atoms with van der Waals surface area (Å²) >= 11 is 0. The lowest BCUT2D eigenvalue weighted by molar-refractivity contribution is -0.0913. The number of hydrogen-bond acceptors (Lipinski definition) is 5. The second kappa shape index (κ2) is 4.84. The molecule has 0 aromatic heterocycles. The Morgan fingerprint density at radius 3 is 2.56 bits per heavy atom. The number of methoxy groups -OCH3 is 2. The number of nitriles is 1. The molecule has 1 aliphatic rings.